The predicted octanol–water partition coefficient (Wildman–Crippen LogP) is 4.31. The summed E-state index contributed by atoms with van der Waals surface area (Å²) >= 11 is 0. The maximum absolute atomic E-state index is 13.3. The second-order valence-corrected chi connectivity index (χ2v) is 6.85. The first-order chi connectivity index (χ1) is 9.41. The summed E-state index contributed by atoms with van der Waals surface area (Å²) in [5.74, 6) is -0.891. The first-order valence-electron chi connectivity index (χ1n) is 7.52. The fourth-order valence-electron chi connectivity index (χ4n) is 3.25. The Balaban J connectivity index is 2.00. The molecule has 0 radical (unpaired) electrons. The molecule has 0 amide bonds. The summed E-state index contributed by atoms with van der Waals surface area (Å²) in [6.45, 7) is 4.65. The lowest BCUT2D eigenvalue weighted by Crippen LogP contribution is -2.38. The van der Waals surface area contributed by atoms with Gasteiger partial charge in [0.2, 0.25) is 0 Å². The van der Waals surface area contributed by atoms with E-state index in [2.05, 4.69) is 19.2 Å². The van der Waals surface area contributed by atoms with Crippen LogP contribution in [0.3, 0.4) is 0 Å². The van der Waals surface area contributed by atoms with E-state index in [1.165, 1.54) is 37.8 Å². The fraction of sp³-hybridized carbons (Fsp3) is 0.647. The minimum Gasteiger partial charge on any atom is -0.316 e. The van der Waals surface area contributed by atoms with Crippen LogP contribution in [0.25, 0.3) is 0 Å². The summed E-state index contributed by atoms with van der Waals surface area (Å²) in [6.07, 6.45) is 5.67. The van der Waals surface area contributed by atoms with Crippen molar-refractivity contribution < 1.29 is 8.78 Å². The highest BCUT2D eigenvalue weighted by Crippen LogP contribution is 2.39. The van der Waals surface area contributed by atoms with Gasteiger partial charge in [0.1, 0.15) is 0 Å². The Kier molecular flexibility index (Phi) is 4.79. The standard InChI is InChI=1S/C17H25F2N/c1-17(2)8-6-13(7-9-17)16(20-3)11-12-4-5-14(18)15(19)10-12/h4-5,10,13,16,20H,6-9,11H2,1-3H3. The van der Waals surface area contributed by atoms with Crippen LogP contribution in [-0.4, -0.2) is 13.1 Å². The van der Waals surface area contributed by atoms with Crippen molar-refractivity contribution in [2.45, 2.75) is 52.0 Å². The summed E-state index contributed by atoms with van der Waals surface area (Å²) in [5.41, 5.74) is 1.32. The van der Waals surface area contributed by atoms with Crippen molar-refractivity contribution in [3.05, 3.63) is 35.4 Å². The number of hydrogen-bond acceptors (Lipinski definition) is 1. The van der Waals surface area contributed by atoms with Crippen molar-refractivity contribution >= 4 is 0 Å². The minimum atomic E-state index is -0.769. The van der Waals surface area contributed by atoms with Gasteiger partial charge in [-0.05, 0) is 68.2 Å². The zero-order chi connectivity index (χ0) is 14.8. The van der Waals surface area contributed by atoms with Crippen molar-refractivity contribution in [1.82, 2.24) is 5.32 Å². The normalized spacial score (nSPS) is 20.9. The maximum atomic E-state index is 13.3. The van der Waals surface area contributed by atoms with E-state index in [1.54, 1.807) is 6.07 Å². The topological polar surface area (TPSA) is 12.0 Å². The molecule has 1 atom stereocenters. The molecule has 1 fully saturated rings. The molecular weight excluding hydrogens is 256 g/mol. The van der Waals surface area contributed by atoms with Crippen LogP contribution in [0.4, 0.5) is 8.78 Å². The quantitative estimate of drug-likeness (QED) is 0.867. The molecule has 1 aromatic rings. The maximum Gasteiger partial charge on any atom is 0.159 e. The van der Waals surface area contributed by atoms with E-state index >= 15 is 0 Å². The van der Waals surface area contributed by atoms with Gasteiger partial charge in [-0.1, -0.05) is 19.9 Å². The second-order valence-electron chi connectivity index (χ2n) is 6.85. The Morgan fingerprint density at radius 1 is 1.20 bits per heavy atom. The number of benzene rings is 1. The summed E-state index contributed by atoms with van der Waals surface area (Å²) in [5, 5.41) is 3.37. The highest BCUT2D eigenvalue weighted by atomic mass is 19.2. The SMILES string of the molecule is CNC(Cc1ccc(F)c(F)c1)C1CCC(C)(C)CC1. The zero-order valence-corrected chi connectivity index (χ0v) is 12.7. The molecule has 112 valence electrons. The first kappa shape index (κ1) is 15.4. The predicted molar refractivity (Wildman–Crippen MR) is 78.6 cm³/mol. The van der Waals surface area contributed by atoms with E-state index in [9.17, 15) is 8.78 Å². The average Bonchev–Trinajstić information content (AvgIpc) is 2.40. The van der Waals surface area contributed by atoms with Crippen LogP contribution < -0.4 is 5.32 Å². The third-order valence-electron chi connectivity index (χ3n) is 4.76. The van der Waals surface area contributed by atoms with Crippen LogP contribution in [0.2, 0.25) is 0 Å². The number of likely N-dealkylation sites (N-methyl/N-ethyl adjacent to an activating group) is 1. The minimum absolute atomic E-state index is 0.343. The Labute approximate surface area is 120 Å². The van der Waals surface area contributed by atoms with Gasteiger partial charge >= 0.3 is 0 Å². The van der Waals surface area contributed by atoms with Gasteiger partial charge in [-0.2, -0.15) is 0 Å². The molecule has 1 unspecified atom stereocenters. The number of nitrogens with one attached hydrogen (secondary N) is 1. The van der Waals surface area contributed by atoms with E-state index in [-0.39, 0.29) is 0 Å². The van der Waals surface area contributed by atoms with Crippen molar-refractivity contribution in [2.24, 2.45) is 11.3 Å². The first-order valence-corrected chi connectivity index (χ1v) is 7.52. The number of hydrogen-bond donors (Lipinski definition) is 1. The molecule has 3 heteroatoms. The molecule has 1 aliphatic rings. The van der Waals surface area contributed by atoms with Crippen LogP contribution in [0.5, 0.6) is 0 Å². The highest BCUT2D eigenvalue weighted by Gasteiger charge is 2.30. The molecule has 1 aliphatic carbocycles. The molecule has 0 aliphatic heterocycles. The van der Waals surface area contributed by atoms with E-state index in [0.717, 1.165) is 12.0 Å². The summed E-state index contributed by atoms with van der Waals surface area (Å²) in [6, 6.07) is 4.58. The molecule has 20 heavy (non-hydrogen) atoms. The molecule has 0 aromatic heterocycles. The van der Waals surface area contributed by atoms with Gasteiger partial charge in [-0.25, -0.2) is 8.78 Å². The lowest BCUT2D eigenvalue weighted by atomic mass is 9.70. The van der Waals surface area contributed by atoms with Gasteiger partial charge in [0.15, 0.2) is 11.6 Å². The molecule has 1 saturated carbocycles. The molecule has 1 N–H and O–H groups in total. The van der Waals surface area contributed by atoms with Gasteiger partial charge in [0, 0.05) is 6.04 Å². The molecule has 0 saturated heterocycles. The summed E-state index contributed by atoms with van der Waals surface area (Å²) in [4.78, 5) is 0. The lowest BCUT2D eigenvalue weighted by Gasteiger charge is -2.38. The number of rotatable bonds is 4. The Morgan fingerprint density at radius 3 is 2.40 bits per heavy atom. The van der Waals surface area contributed by atoms with E-state index < -0.39 is 11.6 Å². The highest BCUT2D eigenvalue weighted by molar-refractivity contribution is 5.19. The Morgan fingerprint density at radius 2 is 1.85 bits per heavy atom. The van der Waals surface area contributed by atoms with Gasteiger partial charge in [0.05, 0.1) is 0 Å². The molecule has 0 bridgehead atoms. The third-order valence-corrected chi connectivity index (χ3v) is 4.76. The second kappa shape index (κ2) is 6.21. The zero-order valence-electron chi connectivity index (χ0n) is 12.7. The summed E-state index contributed by atoms with van der Waals surface area (Å²) in [7, 11) is 1.96. The van der Waals surface area contributed by atoms with Crippen LogP contribution in [-0.2, 0) is 6.42 Å². The molecule has 1 nitrogen and oxygen atoms in total. The van der Waals surface area contributed by atoms with Crippen molar-refractivity contribution in [3.63, 3.8) is 0 Å². The van der Waals surface area contributed by atoms with Gasteiger partial charge in [0.25, 0.3) is 0 Å². The van der Waals surface area contributed by atoms with Crippen LogP contribution >= 0.6 is 0 Å². The molecule has 2 rings (SSSR count). The van der Waals surface area contributed by atoms with Crippen LogP contribution in [0, 0.1) is 23.0 Å². The Hall–Kier alpha value is -0.960. The monoisotopic (exact) mass is 281 g/mol. The van der Waals surface area contributed by atoms with Crippen molar-refractivity contribution in [2.75, 3.05) is 7.05 Å². The van der Waals surface area contributed by atoms with Gasteiger partial charge < -0.3 is 5.32 Å². The largest absolute Gasteiger partial charge is 0.316 e. The summed E-state index contributed by atoms with van der Waals surface area (Å²) < 4.78 is 26.2. The van der Waals surface area contributed by atoms with Crippen LogP contribution in [0.1, 0.15) is 45.1 Å². The fourth-order valence-corrected chi connectivity index (χ4v) is 3.25. The average molecular weight is 281 g/mol. The molecule has 0 spiro atoms. The van der Waals surface area contributed by atoms with E-state index in [1.807, 2.05) is 7.05 Å². The van der Waals surface area contributed by atoms with Gasteiger partial charge in [-0.3, -0.25) is 0 Å². The molecule has 1 aromatic carbocycles. The van der Waals surface area contributed by atoms with Crippen molar-refractivity contribution in [1.29, 1.82) is 0 Å². The molecular formula is C17H25F2N. The number of halogens is 2. The Bertz CT molecular complexity index is 446. The third kappa shape index (κ3) is 3.78. The van der Waals surface area contributed by atoms with Gasteiger partial charge in [-0.15, -0.1) is 0 Å². The van der Waals surface area contributed by atoms with E-state index in [0.29, 0.717) is 17.4 Å². The molecule has 0 heterocycles. The van der Waals surface area contributed by atoms with Crippen LogP contribution in [0.15, 0.2) is 18.2 Å². The smallest absolute Gasteiger partial charge is 0.159 e. The van der Waals surface area contributed by atoms with Crippen molar-refractivity contribution in [3.8, 4) is 0 Å². The van der Waals surface area contributed by atoms with E-state index in [4.69, 9.17) is 0 Å². The lowest BCUT2D eigenvalue weighted by molar-refractivity contribution is 0.163.